The van der Waals surface area contributed by atoms with Crippen LogP contribution in [0.15, 0.2) is 30.3 Å². The van der Waals surface area contributed by atoms with E-state index in [2.05, 4.69) is 5.32 Å². The molecule has 1 aromatic rings. The van der Waals surface area contributed by atoms with Crippen molar-refractivity contribution in [3.8, 4) is 0 Å². The van der Waals surface area contributed by atoms with Gasteiger partial charge in [-0.15, -0.1) is 0 Å². The Hall–Kier alpha value is -2.14. The van der Waals surface area contributed by atoms with Crippen LogP contribution in [0, 0.1) is 0 Å². The number of nitrogens with one attached hydrogen (secondary N) is 1. The molecule has 5 heteroatoms. The second-order valence-electron chi connectivity index (χ2n) is 5.23. The third-order valence-corrected chi connectivity index (χ3v) is 3.75. The van der Waals surface area contributed by atoms with E-state index < -0.39 is 5.91 Å². The molecule has 0 saturated carbocycles. The van der Waals surface area contributed by atoms with Gasteiger partial charge in [-0.3, -0.25) is 9.59 Å². The molecule has 0 aromatic heterocycles. The van der Waals surface area contributed by atoms with Crippen LogP contribution >= 0.6 is 0 Å². The summed E-state index contributed by atoms with van der Waals surface area (Å²) in [5.74, 6) is -0.429. The summed E-state index contributed by atoms with van der Waals surface area (Å²) in [6.45, 7) is 1.56. The smallest absolute Gasteiger partial charge is 0.248 e. The number of nitrogens with two attached hydrogens (primary N) is 1. The Kier molecular flexibility index (Phi) is 5.11. The normalized spacial score (nSPS) is 18.9. The van der Waals surface area contributed by atoms with E-state index in [9.17, 15) is 9.59 Å². The fourth-order valence-corrected chi connectivity index (χ4v) is 2.44. The van der Waals surface area contributed by atoms with Crippen LogP contribution in [0.2, 0.25) is 0 Å². The summed E-state index contributed by atoms with van der Waals surface area (Å²) >= 11 is 0. The third kappa shape index (κ3) is 4.16. The molecule has 0 bridgehead atoms. The number of likely N-dealkylation sites (tertiary alicyclic amines) is 1. The molecule has 1 atom stereocenters. The van der Waals surface area contributed by atoms with Crippen LogP contribution in [0.5, 0.6) is 0 Å². The highest BCUT2D eigenvalue weighted by Crippen LogP contribution is 2.11. The average molecular weight is 287 g/mol. The van der Waals surface area contributed by atoms with Gasteiger partial charge in [0.1, 0.15) is 0 Å². The molecule has 3 N–H and O–H groups in total. The molecule has 1 aromatic carbocycles. The lowest BCUT2D eigenvalue weighted by atomic mass is 10.1. The summed E-state index contributed by atoms with van der Waals surface area (Å²) in [5.41, 5.74) is 6.52. The Morgan fingerprint density at radius 2 is 2.05 bits per heavy atom. The summed E-state index contributed by atoms with van der Waals surface area (Å²) in [6.07, 6.45) is 5.48. The van der Waals surface area contributed by atoms with Gasteiger partial charge in [0.25, 0.3) is 0 Å². The molecule has 0 radical (unpaired) electrons. The van der Waals surface area contributed by atoms with Gasteiger partial charge >= 0.3 is 0 Å². The highest BCUT2D eigenvalue weighted by molar-refractivity contribution is 5.94. The van der Waals surface area contributed by atoms with Crippen LogP contribution in [-0.2, 0) is 4.79 Å². The van der Waals surface area contributed by atoms with Gasteiger partial charge in [-0.2, -0.15) is 0 Å². The summed E-state index contributed by atoms with van der Waals surface area (Å²) in [7, 11) is 1.93. The lowest BCUT2D eigenvalue weighted by molar-refractivity contribution is -0.127. The Bertz CT molecular complexity index is 537. The lowest BCUT2D eigenvalue weighted by Crippen LogP contribution is -2.46. The van der Waals surface area contributed by atoms with Gasteiger partial charge in [-0.05, 0) is 43.7 Å². The van der Waals surface area contributed by atoms with E-state index in [-0.39, 0.29) is 5.91 Å². The van der Waals surface area contributed by atoms with Crippen molar-refractivity contribution in [1.82, 2.24) is 10.2 Å². The van der Waals surface area contributed by atoms with Crippen LogP contribution < -0.4 is 11.1 Å². The van der Waals surface area contributed by atoms with Crippen LogP contribution in [0.4, 0.5) is 0 Å². The molecular weight excluding hydrogens is 266 g/mol. The summed E-state index contributed by atoms with van der Waals surface area (Å²) in [4.78, 5) is 25.0. The predicted molar refractivity (Wildman–Crippen MR) is 82.7 cm³/mol. The van der Waals surface area contributed by atoms with E-state index in [4.69, 9.17) is 5.73 Å². The molecule has 5 nitrogen and oxygen atoms in total. The molecule has 2 amide bonds. The highest BCUT2D eigenvalue weighted by Gasteiger charge is 2.20. The Labute approximate surface area is 124 Å². The topological polar surface area (TPSA) is 75.4 Å². The van der Waals surface area contributed by atoms with Gasteiger partial charge in [0.2, 0.25) is 11.8 Å². The van der Waals surface area contributed by atoms with Gasteiger partial charge in [0, 0.05) is 30.8 Å². The van der Waals surface area contributed by atoms with E-state index in [1.165, 1.54) is 0 Å². The number of primary amides is 1. The van der Waals surface area contributed by atoms with Crippen LogP contribution in [0.25, 0.3) is 6.08 Å². The standard InChI is InChI=1S/C16H21N3O2/c1-18-14-3-2-10-19(11-14)15(20)9-6-12-4-7-13(8-5-12)16(17)21/h4-9,14,18H,2-3,10-11H2,1H3,(H2,17,21). The maximum Gasteiger partial charge on any atom is 0.248 e. The molecule has 1 fully saturated rings. The zero-order valence-electron chi connectivity index (χ0n) is 12.2. The molecule has 21 heavy (non-hydrogen) atoms. The van der Waals surface area contributed by atoms with E-state index in [1.807, 2.05) is 11.9 Å². The van der Waals surface area contributed by atoms with Gasteiger partial charge in [0.05, 0.1) is 0 Å². The zero-order valence-corrected chi connectivity index (χ0v) is 12.2. The van der Waals surface area contributed by atoms with E-state index >= 15 is 0 Å². The summed E-state index contributed by atoms with van der Waals surface area (Å²) < 4.78 is 0. The van der Waals surface area contributed by atoms with E-state index in [1.54, 1.807) is 36.4 Å². The van der Waals surface area contributed by atoms with Gasteiger partial charge < -0.3 is 16.0 Å². The quantitative estimate of drug-likeness (QED) is 0.812. The number of hydrogen-bond donors (Lipinski definition) is 2. The average Bonchev–Trinajstić information content (AvgIpc) is 2.53. The molecule has 0 aliphatic carbocycles. The molecule has 1 unspecified atom stereocenters. The molecule has 1 aliphatic heterocycles. The summed E-state index contributed by atoms with van der Waals surface area (Å²) in [5, 5.41) is 3.22. The first-order valence-electron chi connectivity index (χ1n) is 7.14. The second-order valence-corrected chi connectivity index (χ2v) is 5.23. The number of carbonyl (C=O) groups is 2. The number of benzene rings is 1. The molecular formula is C16H21N3O2. The molecule has 0 spiro atoms. The highest BCUT2D eigenvalue weighted by atomic mass is 16.2. The Morgan fingerprint density at radius 3 is 2.67 bits per heavy atom. The number of likely N-dealkylation sites (N-methyl/N-ethyl adjacent to an activating group) is 1. The van der Waals surface area contributed by atoms with Crippen molar-refractivity contribution in [1.29, 1.82) is 0 Å². The molecule has 1 saturated heterocycles. The summed E-state index contributed by atoms with van der Waals surface area (Å²) in [6, 6.07) is 7.24. The second kappa shape index (κ2) is 7.04. The minimum absolute atomic E-state index is 0.0222. The van der Waals surface area contributed by atoms with Gasteiger partial charge in [0.15, 0.2) is 0 Å². The Balaban J connectivity index is 1.96. The van der Waals surface area contributed by atoms with E-state index in [0.29, 0.717) is 11.6 Å². The number of hydrogen-bond acceptors (Lipinski definition) is 3. The molecule has 1 aliphatic rings. The fourth-order valence-electron chi connectivity index (χ4n) is 2.44. The SMILES string of the molecule is CNC1CCCN(C(=O)C=Cc2ccc(C(N)=O)cc2)C1. The minimum Gasteiger partial charge on any atom is -0.366 e. The number of nitrogens with zero attached hydrogens (tertiary/aromatic N) is 1. The van der Waals surface area contributed by atoms with E-state index in [0.717, 1.165) is 31.5 Å². The maximum atomic E-state index is 12.1. The first kappa shape index (κ1) is 15.3. The van der Waals surface area contributed by atoms with Crippen molar-refractivity contribution in [2.75, 3.05) is 20.1 Å². The van der Waals surface area contributed by atoms with Crippen molar-refractivity contribution in [2.24, 2.45) is 5.73 Å². The first-order chi connectivity index (χ1) is 10.1. The van der Waals surface area contributed by atoms with Crippen molar-refractivity contribution in [3.63, 3.8) is 0 Å². The minimum atomic E-state index is -0.451. The van der Waals surface area contributed by atoms with Crippen LogP contribution in [-0.4, -0.2) is 42.9 Å². The number of amides is 2. The zero-order chi connectivity index (χ0) is 15.2. The van der Waals surface area contributed by atoms with Crippen molar-refractivity contribution >= 4 is 17.9 Å². The van der Waals surface area contributed by atoms with Gasteiger partial charge in [-0.1, -0.05) is 12.1 Å². The maximum absolute atomic E-state index is 12.1. The monoisotopic (exact) mass is 287 g/mol. The molecule has 1 heterocycles. The number of piperidine rings is 1. The lowest BCUT2D eigenvalue weighted by Gasteiger charge is -2.31. The predicted octanol–water partition coefficient (Wildman–Crippen LogP) is 1.01. The van der Waals surface area contributed by atoms with Crippen LogP contribution in [0.3, 0.4) is 0 Å². The first-order valence-corrected chi connectivity index (χ1v) is 7.14. The number of carbonyl (C=O) groups excluding carboxylic acids is 2. The van der Waals surface area contributed by atoms with Crippen molar-refractivity contribution in [2.45, 2.75) is 18.9 Å². The van der Waals surface area contributed by atoms with Gasteiger partial charge in [-0.25, -0.2) is 0 Å². The third-order valence-electron chi connectivity index (χ3n) is 3.75. The Morgan fingerprint density at radius 1 is 1.33 bits per heavy atom. The largest absolute Gasteiger partial charge is 0.366 e. The fraction of sp³-hybridized carbons (Fsp3) is 0.375. The molecule has 112 valence electrons. The van der Waals surface area contributed by atoms with Crippen molar-refractivity contribution in [3.05, 3.63) is 41.5 Å². The molecule has 2 rings (SSSR count). The van der Waals surface area contributed by atoms with Crippen molar-refractivity contribution < 1.29 is 9.59 Å². The van der Waals surface area contributed by atoms with Crippen LogP contribution in [0.1, 0.15) is 28.8 Å². The number of rotatable bonds is 4.